The number of hydrogen-bond donors (Lipinski definition) is 3. The molecule has 0 radical (unpaired) electrons. The standard InChI is InChI=1S/C19H29F2N5O3.HI/c1-22-19(24-12-17(27)23-9-11-28-2)25-14-4-3-10-26(13-14)15-5-7-16(8-6-15)29-18(20)21;/h5-8,14,18H,3-4,9-13H2,1-2H3,(H,23,27)(H2,22,24,25);1H. The Kier molecular flexibility index (Phi) is 12.4. The second kappa shape index (κ2) is 14.2. The van der Waals surface area contributed by atoms with Crippen molar-refractivity contribution in [1.82, 2.24) is 16.0 Å². The Morgan fingerprint density at radius 3 is 2.67 bits per heavy atom. The monoisotopic (exact) mass is 541 g/mol. The first kappa shape index (κ1) is 26.1. The molecule has 1 aromatic carbocycles. The molecule has 8 nitrogen and oxygen atoms in total. The molecule has 11 heteroatoms. The van der Waals surface area contributed by atoms with Gasteiger partial charge in [-0.1, -0.05) is 0 Å². The summed E-state index contributed by atoms with van der Waals surface area (Å²) < 4.78 is 33.9. The van der Waals surface area contributed by atoms with E-state index in [0.717, 1.165) is 31.6 Å². The highest BCUT2D eigenvalue weighted by Gasteiger charge is 2.21. The normalized spacial score (nSPS) is 16.6. The number of methoxy groups -OCH3 is 1. The first-order chi connectivity index (χ1) is 14.0. The first-order valence-corrected chi connectivity index (χ1v) is 9.54. The summed E-state index contributed by atoms with van der Waals surface area (Å²) in [5, 5.41) is 9.07. The Hall–Kier alpha value is -1.89. The number of ether oxygens (including phenoxy) is 2. The van der Waals surface area contributed by atoms with Gasteiger partial charge in [-0.2, -0.15) is 8.78 Å². The second-order valence-corrected chi connectivity index (χ2v) is 6.57. The Balaban J connectivity index is 0.00000450. The molecule has 1 atom stereocenters. The summed E-state index contributed by atoms with van der Waals surface area (Å²) >= 11 is 0. The van der Waals surface area contributed by atoms with Gasteiger partial charge in [-0.3, -0.25) is 9.79 Å². The Morgan fingerprint density at radius 1 is 1.30 bits per heavy atom. The lowest BCUT2D eigenvalue weighted by molar-refractivity contribution is -0.120. The number of piperidine rings is 1. The number of carbonyl (C=O) groups is 1. The van der Waals surface area contributed by atoms with Gasteiger partial charge in [-0.15, -0.1) is 24.0 Å². The van der Waals surface area contributed by atoms with Crippen molar-refractivity contribution < 1.29 is 23.0 Å². The summed E-state index contributed by atoms with van der Waals surface area (Å²) in [5.41, 5.74) is 0.943. The molecule has 30 heavy (non-hydrogen) atoms. The fourth-order valence-corrected chi connectivity index (χ4v) is 3.07. The lowest BCUT2D eigenvalue weighted by atomic mass is 10.0. The van der Waals surface area contributed by atoms with Crippen LogP contribution in [0.15, 0.2) is 29.3 Å². The maximum absolute atomic E-state index is 12.3. The van der Waals surface area contributed by atoms with Crippen LogP contribution >= 0.6 is 24.0 Å². The van der Waals surface area contributed by atoms with Crippen molar-refractivity contribution >= 4 is 41.5 Å². The van der Waals surface area contributed by atoms with Gasteiger partial charge in [0, 0.05) is 45.5 Å². The predicted molar refractivity (Wildman–Crippen MR) is 123 cm³/mol. The van der Waals surface area contributed by atoms with Crippen molar-refractivity contribution in [3.05, 3.63) is 24.3 Å². The highest BCUT2D eigenvalue weighted by atomic mass is 127. The van der Waals surface area contributed by atoms with Gasteiger partial charge in [0.15, 0.2) is 5.96 Å². The molecule has 0 spiro atoms. The largest absolute Gasteiger partial charge is 0.435 e. The van der Waals surface area contributed by atoms with Crippen molar-refractivity contribution in [3.63, 3.8) is 0 Å². The lowest BCUT2D eigenvalue weighted by Crippen LogP contribution is -2.52. The number of carbonyl (C=O) groups excluding carboxylic acids is 1. The third-order valence-electron chi connectivity index (χ3n) is 4.46. The number of nitrogens with one attached hydrogen (secondary N) is 3. The number of amides is 1. The van der Waals surface area contributed by atoms with E-state index < -0.39 is 6.61 Å². The van der Waals surface area contributed by atoms with E-state index in [1.54, 1.807) is 38.4 Å². The second-order valence-electron chi connectivity index (χ2n) is 6.57. The zero-order valence-electron chi connectivity index (χ0n) is 17.2. The molecule has 1 amide bonds. The van der Waals surface area contributed by atoms with E-state index in [9.17, 15) is 13.6 Å². The van der Waals surface area contributed by atoms with Crippen LogP contribution in [0.3, 0.4) is 0 Å². The third kappa shape index (κ3) is 9.28. The number of benzene rings is 1. The highest BCUT2D eigenvalue weighted by Crippen LogP contribution is 2.23. The number of guanidine groups is 1. The van der Waals surface area contributed by atoms with E-state index in [-0.39, 0.29) is 48.2 Å². The molecule has 0 bridgehead atoms. The first-order valence-electron chi connectivity index (χ1n) is 9.54. The van der Waals surface area contributed by atoms with Crippen LogP contribution < -0.4 is 25.6 Å². The SMILES string of the molecule is CN=C(NCC(=O)NCCOC)NC1CCCN(c2ccc(OC(F)F)cc2)C1.I. The fourth-order valence-electron chi connectivity index (χ4n) is 3.07. The maximum atomic E-state index is 12.3. The smallest absolute Gasteiger partial charge is 0.387 e. The molecule has 0 aromatic heterocycles. The summed E-state index contributed by atoms with van der Waals surface area (Å²) in [6, 6.07) is 6.78. The highest BCUT2D eigenvalue weighted by molar-refractivity contribution is 14.0. The summed E-state index contributed by atoms with van der Waals surface area (Å²) in [7, 11) is 3.23. The minimum absolute atomic E-state index is 0. The molecule has 3 N–H and O–H groups in total. The molecule has 0 aliphatic carbocycles. The minimum Gasteiger partial charge on any atom is -0.435 e. The fraction of sp³-hybridized carbons (Fsp3) is 0.579. The molecular formula is C19H30F2IN5O3. The average Bonchev–Trinajstić information content (AvgIpc) is 2.71. The molecule has 170 valence electrons. The van der Waals surface area contributed by atoms with Gasteiger partial charge in [-0.25, -0.2) is 0 Å². The molecule has 1 heterocycles. The van der Waals surface area contributed by atoms with Gasteiger partial charge in [0.05, 0.1) is 13.2 Å². The van der Waals surface area contributed by atoms with Crippen LogP contribution in [0.4, 0.5) is 14.5 Å². The topological polar surface area (TPSA) is 87.2 Å². The van der Waals surface area contributed by atoms with Crippen LogP contribution in [0.25, 0.3) is 0 Å². The molecule has 1 aliphatic heterocycles. The maximum Gasteiger partial charge on any atom is 0.387 e. The Morgan fingerprint density at radius 2 is 2.03 bits per heavy atom. The molecule has 2 rings (SSSR count). The number of hydrogen-bond acceptors (Lipinski definition) is 5. The molecule has 1 saturated heterocycles. The van der Waals surface area contributed by atoms with Crippen LogP contribution in [-0.2, 0) is 9.53 Å². The number of nitrogens with zero attached hydrogens (tertiary/aromatic N) is 2. The summed E-state index contributed by atoms with van der Waals surface area (Å²) in [6.45, 7) is -0.179. The predicted octanol–water partition coefficient (Wildman–Crippen LogP) is 1.80. The van der Waals surface area contributed by atoms with Crippen molar-refractivity contribution in [3.8, 4) is 5.75 Å². The molecular weight excluding hydrogens is 511 g/mol. The molecule has 1 fully saturated rings. The van der Waals surface area contributed by atoms with Crippen LogP contribution in [0.1, 0.15) is 12.8 Å². The molecule has 1 unspecified atom stereocenters. The van der Waals surface area contributed by atoms with Gasteiger partial charge >= 0.3 is 6.61 Å². The minimum atomic E-state index is -2.83. The van der Waals surface area contributed by atoms with Gasteiger partial charge in [-0.05, 0) is 37.1 Å². The van der Waals surface area contributed by atoms with Gasteiger partial charge < -0.3 is 30.3 Å². The van der Waals surface area contributed by atoms with Gasteiger partial charge in [0.1, 0.15) is 5.75 Å². The lowest BCUT2D eigenvalue weighted by Gasteiger charge is -2.35. The van der Waals surface area contributed by atoms with Gasteiger partial charge in [0.25, 0.3) is 0 Å². The number of aliphatic imine (C=N–C) groups is 1. The summed E-state index contributed by atoms with van der Waals surface area (Å²) in [6.07, 6.45) is 1.94. The van der Waals surface area contributed by atoms with Crippen molar-refractivity contribution in [1.29, 1.82) is 0 Å². The zero-order valence-corrected chi connectivity index (χ0v) is 19.5. The van der Waals surface area contributed by atoms with Crippen LogP contribution in [-0.4, -0.2) is 71.5 Å². The number of halogens is 3. The Bertz CT molecular complexity index is 664. The van der Waals surface area contributed by atoms with E-state index in [4.69, 9.17) is 4.74 Å². The van der Waals surface area contributed by atoms with Crippen molar-refractivity contribution in [2.45, 2.75) is 25.5 Å². The summed E-state index contributed by atoms with van der Waals surface area (Å²) in [5.74, 6) is 0.560. The molecule has 0 saturated carbocycles. The van der Waals surface area contributed by atoms with E-state index >= 15 is 0 Å². The number of rotatable bonds is 9. The molecule has 1 aliphatic rings. The third-order valence-corrected chi connectivity index (χ3v) is 4.46. The van der Waals surface area contributed by atoms with E-state index in [2.05, 4.69) is 30.6 Å². The van der Waals surface area contributed by atoms with Crippen molar-refractivity contribution in [2.75, 3.05) is 51.8 Å². The number of anilines is 1. The van der Waals surface area contributed by atoms with Crippen LogP contribution in [0.5, 0.6) is 5.75 Å². The average molecular weight is 541 g/mol. The van der Waals surface area contributed by atoms with Crippen molar-refractivity contribution in [2.24, 2.45) is 4.99 Å². The van der Waals surface area contributed by atoms with Crippen LogP contribution in [0.2, 0.25) is 0 Å². The number of alkyl halides is 2. The van der Waals surface area contributed by atoms with E-state index in [0.29, 0.717) is 19.1 Å². The zero-order chi connectivity index (χ0) is 21.1. The summed E-state index contributed by atoms with van der Waals surface area (Å²) in [4.78, 5) is 18.1. The van der Waals surface area contributed by atoms with Crippen LogP contribution in [0, 0.1) is 0 Å². The molecule has 1 aromatic rings. The van der Waals surface area contributed by atoms with E-state index in [1.807, 2.05) is 0 Å². The quantitative estimate of drug-likeness (QED) is 0.192. The Labute approximate surface area is 192 Å². The van der Waals surface area contributed by atoms with E-state index in [1.165, 1.54) is 0 Å². The van der Waals surface area contributed by atoms with Gasteiger partial charge in [0.2, 0.25) is 5.91 Å².